The second kappa shape index (κ2) is 4.93. The number of pyridine rings is 1. The van der Waals surface area contributed by atoms with Crippen molar-refractivity contribution in [2.75, 3.05) is 18.6 Å². The fraction of sp³-hybridized carbons (Fsp3) is 0.500. The molecule has 1 aromatic heterocycles. The third-order valence-corrected chi connectivity index (χ3v) is 2.36. The molecular formula is C10H17N3O. The molecule has 1 atom stereocenters. The van der Waals surface area contributed by atoms with Gasteiger partial charge in [-0.25, -0.2) is 0 Å². The van der Waals surface area contributed by atoms with E-state index in [-0.39, 0.29) is 12.6 Å². The quantitative estimate of drug-likeness (QED) is 0.728. The summed E-state index contributed by atoms with van der Waals surface area (Å²) in [6, 6.07) is 3.90. The summed E-state index contributed by atoms with van der Waals surface area (Å²) < 4.78 is 0. The van der Waals surface area contributed by atoms with Crippen LogP contribution in [0.3, 0.4) is 0 Å². The Bertz CT molecular complexity index is 290. The largest absolute Gasteiger partial charge is 0.394 e. The summed E-state index contributed by atoms with van der Waals surface area (Å²) in [5.41, 5.74) is 7.42. The second-order valence-electron chi connectivity index (χ2n) is 3.32. The zero-order valence-electron chi connectivity index (χ0n) is 8.64. The highest BCUT2D eigenvalue weighted by Gasteiger charge is 2.11. The first-order valence-electron chi connectivity index (χ1n) is 4.68. The molecule has 1 rings (SSSR count). The average Bonchev–Trinajstić information content (AvgIpc) is 2.26. The molecule has 3 N–H and O–H groups in total. The Balaban J connectivity index is 2.93. The van der Waals surface area contributed by atoms with Gasteiger partial charge in [-0.05, 0) is 19.1 Å². The fourth-order valence-electron chi connectivity index (χ4n) is 1.27. The maximum absolute atomic E-state index is 9.04. The lowest BCUT2D eigenvalue weighted by Crippen LogP contribution is -2.33. The van der Waals surface area contributed by atoms with Gasteiger partial charge in [0.15, 0.2) is 0 Å². The number of aliphatic hydroxyl groups is 1. The normalized spacial score (nSPS) is 12.6. The van der Waals surface area contributed by atoms with Crippen molar-refractivity contribution in [3.8, 4) is 0 Å². The summed E-state index contributed by atoms with van der Waals surface area (Å²) in [6.07, 6.45) is 1.73. The molecule has 0 aliphatic heterocycles. The lowest BCUT2D eigenvalue weighted by atomic mass is 10.2. The molecule has 0 aliphatic carbocycles. The van der Waals surface area contributed by atoms with Crippen LogP contribution in [0.1, 0.15) is 12.6 Å². The summed E-state index contributed by atoms with van der Waals surface area (Å²) >= 11 is 0. The predicted molar refractivity (Wildman–Crippen MR) is 57.1 cm³/mol. The van der Waals surface area contributed by atoms with Crippen molar-refractivity contribution in [3.05, 3.63) is 24.0 Å². The van der Waals surface area contributed by atoms with Gasteiger partial charge in [-0.1, -0.05) is 0 Å². The Kier molecular flexibility index (Phi) is 3.85. The maximum Gasteiger partial charge on any atom is 0.0772 e. The van der Waals surface area contributed by atoms with Crippen LogP contribution in [0.4, 0.5) is 5.69 Å². The van der Waals surface area contributed by atoms with Gasteiger partial charge in [0.2, 0.25) is 0 Å². The molecule has 0 radical (unpaired) electrons. The molecular weight excluding hydrogens is 178 g/mol. The van der Waals surface area contributed by atoms with Gasteiger partial charge in [0, 0.05) is 25.8 Å². The highest BCUT2D eigenvalue weighted by atomic mass is 16.3. The topological polar surface area (TPSA) is 62.4 Å². The standard InChI is InChI=1S/C10H17N3O/c1-8(7-14)13(2)10-4-3-5-12-9(10)6-11/h3-5,8,14H,6-7,11H2,1-2H3. The molecule has 0 aromatic carbocycles. The van der Waals surface area contributed by atoms with E-state index >= 15 is 0 Å². The van der Waals surface area contributed by atoms with Crippen LogP contribution in [0.5, 0.6) is 0 Å². The molecule has 1 unspecified atom stereocenters. The van der Waals surface area contributed by atoms with Gasteiger partial charge in [0.25, 0.3) is 0 Å². The molecule has 0 amide bonds. The van der Waals surface area contributed by atoms with E-state index in [9.17, 15) is 0 Å². The number of nitrogens with two attached hydrogens (primary N) is 1. The monoisotopic (exact) mass is 195 g/mol. The number of aliphatic hydroxyl groups excluding tert-OH is 1. The third kappa shape index (κ3) is 2.21. The van der Waals surface area contributed by atoms with Crippen molar-refractivity contribution in [3.63, 3.8) is 0 Å². The molecule has 4 nitrogen and oxygen atoms in total. The van der Waals surface area contributed by atoms with Crippen LogP contribution in [0, 0.1) is 0 Å². The number of hydrogen-bond acceptors (Lipinski definition) is 4. The first-order chi connectivity index (χ1) is 6.70. The molecule has 0 fully saturated rings. The molecule has 4 heteroatoms. The van der Waals surface area contributed by atoms with Crippen molar-refractivity contribution in [1.82, 2.24) is 4.98 Å². The molecule has 0 spiro atoms. The molecule has 0 saturated heterocycles. The van der Waals surface area contributed by atoms with Crippen LogP contribution in [0.15, 0.2) is 18.3 Å². The van der Waals surface area contributed by atoms with Crippen LogP contribution < -0.4 is 10.6 Å². The van der Waals surface area contributed by atoms with E-state index < -0.39 is 0 Å². The second-order valence-corrected chi connectivity index (χ2v) is 3.32. The highest BCUT2D eigenvalue weighted by Crippen LogP contribution is 2.18. The van der Waals surface area contributed by atoms with Crippen molar-refractivity contribution < 1.29 is 5.11 Å². The van der Waals surface area contributed by atoms with E-state index in [4.69, 9.17) is 10.8 Å². The summed E-state index contributed by atoms with van der Waals surface area (Å²) in [7, 11) is 1.93. The van der Waals surface area contributed by atoms with Gasteiger partial charge >= 0.3 is 0 Å². The molecule has 1 aromatic rings. The summed E-state index contributed by atoms with van der Waals surface area (Å²) in [5.74, 6) is 0. The van der Waals surface area contributed by atoms with E-state index in [1.54, 1.807) is 6.20 Å². The summed E-state index contributed by atoms with van der Waals surface area (Å²) in [5, 5.41) is 9.04. The van der Waals surface area contributed by atoms with Crippen molar-refractivity contribution in [1.29, 1.82) is 0 Å². The lowest BCUT2D eigenvalue weighted by Gasteiger charge is -2.26. The van der Waals surface area contributed by atoms with Crippen molar-refractivity contribution in [2.24, 2.45) is 5.73 Å². The van der Waals surface area contributed by atoms with E-state index in [0.29, 0.717) is 6.54 Å². The van der Waals surface area contributed by atoms with Gasteiger partial charge in [-0.15, -0.1) is 0 Å². The van der Waals surface area contributed by atoms with Gasteiger partial charge < -0.3 is 15.7 Å². The van der Waals surface area contributed by atoms with Crippen LogP contribution in [0.2, 0.25) is 0 Å². The van der Waals surface area contributed by atoms with Crippen LogP contribution >= 0.6 is 0 Å². The Morgan fingerprint density at radius 2 is 2.36 bits per heavy atom. The SMILES string of the molecule is CC(CO)N(C)c1cccnc1CN. The number of aromatic nitrogens is 1. The molecule has 0 saturated carbocycles. The molecule has 14 heavy (non-hydrogen) atoms. The first-order valence-corrected chi connectivity index (χ1v) is 4.68. The number of nitrogens with zero attached hydrogens (tertiary/aromatic N) is 2. The van der Waals surface area contributed by atoms with Gasteiger partial charge in [-0.2, -0.15) is 0 Å². The third-order valence-electron chi connectivity index (χ3n) is 2.36. The molecule has 78 valence electrons. The minimum absolute atomic E-state index is 0.0736. The van der Waals surface area contributed by atoms with E-state index in [1.807, 2.05) is 31.0 Å². The van der Waals surface area contributed by atoms with Gasteiger partial charge in [0.1, 0.15) is 0 Å². The minimum Gasteiger partial charge on any atom is -0.394 e. The maximum atomic E-state index is 9.04. The Labute approximate surface area is 84.4 Å². The zero-order chi connectivity index (χ0) is 10.6. The zero-order valence-corrected chi connectivity index (χ0v) is 8.64. The Morgan fingerprint density at radius 1 is 1.64 bits per heavy atom. The smallest absolute Gasteiger partial charge is 0.0772 e. The fourth-order valence-corrected chi connectivity index (χ4v) is 1.27. The highest BCUT2D eigenvalue weighted by molar-refractivity contribution is 5.50. The molecule has 0 aliphatic rings. The van der Waals surface area contributed by atoms with Crippen LogP contribution in [-0.4, -0.2) is 29.8 Å². The lowest BCUT2D eigenvalue weighted by molar-refractivity contribution is 0.270. The van der Waals surface area contributed by atoms with Gasteiger partial charge in [0.05, 0.1) is 18.0 Å². The first kappa shape index (κ1) is 10.9. The van der Waals surface area contributed by atoms with Crippen LogP contribution in [0.25, 0.3) is 0 Å². The van der Waals surface area contributed by atoms with Crippen molar-refractivity contribution in [2.45, 2.75) is 19.5 Å². The summed E-state index contributed by atoms with van der Waals surface area (Å²) in [4.78, 5) is 6.17. The Morgan fingerprint density at radius 3 is 2.93 bits per heavy atom. The van der Waals surface area contributed by atoms with E-state index in [1.165, 1.54) is 0 Å². The van der Waals surface area contributed by atoms with Crippen molar-refractivity contribution >= 4 is 5.69 Å². The summed E-state index contributed by atoms with van der Waals surface area (Å²) in [6.45, 7) is 2.49. The molecule has 0 bridgehead atoms. The average molecular weight is 195 g/mol. The molecule has 1 heterocycles. The predicted octanol–water partition coefficient (Wildman–Crippen LogP) is 0.357. The number of rotatable bonds is 4. The number of hydrogen-bond donors (Lipinski definition) is 2. The number of anilines is 1. The number of likely N-dealkylation sites (N-methyl/N-ethyl adjacent to an activating group) is 1. The van der Waals surface area contributed by atoms with E-state index in [0.717, 1.165) is 11.4 Å². The van der Waals surface area contributed by atoms with Crippen LogP contribution in [-0.2, 0) is 6.54 Å². The minimum atomic E-state index is 0.0736. The Hall–Kier alpha value is -1.13. The van der Waals surface area contributed by atoms with E-state index in [2.05, 4.69) is 4.98 Å². The van der Waals surface area contributed by atoms with Gasteiger partial charge in [-0.3, -0.25) is 4.98 Å².